The fourth-order valence-electron chi connectivity index (χ4n) is 2.77. The number of aliphatic hydroxyl groups excluding tert-OH is 1. The normalized spacial score (nSPS) is 16.7. The third-order valence-electron chi connectivity index (χ3n) is 3.87. The van der Waals surface area contributed by atoms with E-state index >= 15 is 0 Å². The van der Waals surface area contributed by atoms with Crippen LogP contribution in [0.2, 0.25) is 0 Å². The highest BCUT2D eigenvalue weighted by Crippen LogP contribution is 2.19. The first-order valence-corrected chi connectivity index (χ1v) is 7.24. The minimum atomic E-state index is 0. The van der Waals surface area contributed by atoms with Crippen molar-refractivity contribution in [2.75, 3.05) is 13.1 Å². The number of aliphatic hydroxyl groups is 1. The molecule has 1 aliphatic heterocycles. The number of rotatable bonds is 6. The Morgan fingerprint density at radius 3 is 2.35 bits per heavy atom. The monoisotopic (exact) mass is 297 g/mol. The predicted molar refractivity (Wildman–Crippen MR) is 83.4 cm³/mol. The summed E-state index contributed by atoms with van der Waals surface area (Å²) in [5.74, 6) is 0.230. The zero-order chi connectivity index (χ0) is 13.7. The first-order chi connectivity index (χ1) is 9.26. The van der Waals surface area contributed by atoms with E-state index in [1.807, 2.05) is 24.3 Å². The molecule has 1 saturated heterocycles. The molecule has 3 nitrogen and oxygen atoms in total. The van der Waals surface area contributed by atoms with E-state index in [2.05, 4.69) is 11.8 Å². The quantitative estimate of drug-likeness (QED) is 0.821. The predicted octanol–water partition coefficient (Wildman–Crippen LogP) is 3.05. The number of hydrogen-bond donors (Lipinski definition) is 1. The third-order valence-corrected chi connectivity index (χ3v) is 3.87. The van der Waals surface area contributed by atoms with Gasteiger partial charge in [-0.15, -0.1) is 12.4 Å². The highest BCUT2D eigenvalue weighted by atomic mass is 35.5. The molecule has 1 aromatic rings. The van der Waals surface area contributed by atoms with Gasteiger partial charge in [-0.25, -0.2) is 0 Å². The Labute approximate surface area is 127 Å². The Hall–Kier alpha value is -0.900. The fourth-order valence-corrected chi connectivity index (χ4v) is 2.77. The van der Waals surface area contributed by atoms with Crippen molar-refractivity contribution in [1.29, 1.82) is 0 Å². The molecule has 0 aromatic heterocycles. The SMILES string of the molecule is CCCC(C(=O)c1ccc(CO)cc1)N1CCCC1.Cl. The number of carbonyl (C=O) groups is 1. The summed E-state index contributed by atoms with van der Waals surface area (Å²) < 4.78 is 0. The van der Waals surface area contributed by atoms with Gasteiger partial charge < -0.3 is 5.11 Å². The lowest BCUT2D eigenvalue weighted by molar-refractivity contribution is 0.0837. The van der Waals surface area contributed by atoms with Gasteiger partial charge in [0.05, 0.1) is 12.6 Å². The average molecular weight is 298 g/mol. The van der Waals surface area contributed by atoms with Gasteiger partial charge in [0.1, 0.15) is 0 Å². The van der Waals surface area contributed by atoms with Crippen molar-refractivity contribution in [2.45, 2.75) is 45.3 Å². The highest BCUT2D eigenvalue weighted by molar-refractivity contribution is 6.00. The average Bonchev–Trinajstić information content (AvgIpc) is 2.98. The van der Waals surface area contributed by atoms with E-state index in [0.717, 1.165) is 37.1 Å². The number of Topliss-reactive ketones (excluding diaryl/α,β-unsaturated/α-hetero) is 1. The summed E-state index contributed by atoms with van der Waals surface area (Å²) in [5.41, 5.74) is 1.62. The molecule has 1 N–H and O–H groups in total. The molecule has 0 aliphatic carbocycles. The second kappa shape index (κ2) is 8.40. The topological polar surface area (TPSA) is 40.5 Å². The number of hydrogen-bond acceptors (Lipinski definition) is 3. The Morgan fingerprint density at radius 2 is 1.85 bits per heavy atom. The van der Waals surface area contributed by atoms with Gasteiger partial charge in [-0.1, -0.05) is 37.6 Å². The molecule has 0 radical (unpaired) electrons. The van der Waals surface area contributed by atoms with Crippen LogP contribution in [0.15, 0.2) is 24.3 Å². The van der Waals surface area contributed by atoms with E-state index in [1.165, 1.54) is 12.8 Å². The minimum Gasteiger partial charge on any atom is -0.392 e. The van der Waals surface area contributed by atoms with E-state index in [-0.39, 0.29) is 30.8 Å². The Morgan fingerprint density at radius 1 is 1.25 bits per heavy atom. The standard InChI is InChI=1S/C16H23NO2.ClH/c1-2-5-15(17-10-3-4-11-17)16(19)14-8-6-13(12-18)7-9-14;/h6-9,15,18H,2-5,10-12H2,1H3;1H. The lowest BCUT2D eigenvalue weighted by Crippen LogP contribution is -2.39. The molecule has 1 fully saturated rings. The summed E-state index contributed by atoms with van der Waals surface area (Å²) in [6.07, 6.45) is 4.37. The van der Waals surface area contributed by atoms with Crippen LogP contribution in [0.1, 0.15) is 48.5 Å². The van der Waals surface area contributed by atoms with E-state index in [1.54, 1.807) is 0 Å². The summed E-state index contributed by atoms with van der Waals surface area (Å²) in [5, 5.41) is 9.04. The van der Waals surface area contributed by atoms with Gasteiger partial charge >= 0.3 is 0 Å². The molecule has 1 atom stereocenters. The molecule has 0 spiro atoms. The molecule has 0 saturated carbocycles. The highest BCUT2D eigenvalue weighted by Gasteiger charge is 2.27. The van der Waals surface area contributed by atoms with Gasteiger partial charge in [0.15, 0.2) is 5.78 Å². The lowest BCUT2D eigenvalue weighted by atomic mass is 9.98. The Bertz CT molecular complexity index is 413. The molecular formula is C16H24ClNO2. The zero-order valence-corrected chi connectivity index (χ0v) is 12.9. The van der Waals surface area contributed by atoms with Crippen LogP contribution in [0.3, 0.4) is 0 Å². The molecule has 112 valence electrons. The van der Waals surface area contributed by atoms with Crippen LogP contribution in [0, 0.1) is 0 Å². The number of halogens is 1. The molecular weight excluding hydrogens is 274 g/mol. The smallest absolute Gasteiger partial charge is 0.179 e. The van der Waals surface area contributed by atoms with Gasteiger partial charge in [0, 0.05) is 5.56 Å². The number of ketones is 1. The van der Waals surface area contributed by atoms with Crippen LogP contribution in [-0.4, -0.2) is 34.9 Å². The van der Waals surface area contributed by atoms with Crippen LogP contribution in [-0.2, 0) is 6.61 Å². The molecule has 1 unspecified atom stereocenters. The van der Waals surface area contributed by atoms with Gasteiger partial charge in [-0.05, 0) is 37.9 Å². The van der Waals surface area contributed by atoms with Crippen LogP contribution in [0.5, 0.6) is 0 Å². The first kappa shape index (κ1) is 17.2. The minimum absolute atomic E-state index is 0. The summed E-state index contributed by atoms with van der Waals surface area (Å²) in [6.45, 7) is 4.25. The van der Waals surface area contributed by atoms with E-state index in [9.17, 15) is 4.79 Å². The summed E-state index contributed by atoms with van der Waals surface area (Å²) >= 11 is 0. The number of nitrogens with zero attached hydrogens (tertiary/aromatic N) is 1. The molecule has 0 bridgehead atoms. The molecule has 0 amide bonds. The van der Waals surface area contributed by atoms with Crippen molar-refractivity contribution in [3.63, 3.8) is 0 Å². The third kappa shape index (κ3) is 4.05. The van der Waals surface area contributed by atoms with Crippen molar-refractivity contribution in [1.82, 2.24) is 4.90 Å². The van der Waals surface area contributed by atoms with E-state index in [0.29, 0.717) is 0 Å². The number of likely N-dealkylation sites (tertiary alicyclic amines) is 1. The number of benzene rings is 1. The lowest BCUT2D eigenvalue weighted by Gasteiger charge is -2.26. The van der Waals surface area contributed by atoms with Crippen molar-refractivity contribution in [2.24, 2.45) is 0 Å². The van der Waals surface area contributed by atoms with Crippen LogP contribution in [0.25, 0.3) is 0 Å². The van der Waals surface area contributed by atoms with Gasteiger partial charge in [-0.2, -0.15) is 0 Å². The summed E-state index contributed by atoms with van der Waals surface area (Å²) in [6, 6.07) is 7.38. The molecule has 4 heteroatoms. The zero-order valence-electron chi connectivity index (χ0n) is 12.0. The van der Waals surface area contributed by atoms with Gasteiger partial charge in [-0.3, -0.25) is 9.69 Å². The maximum atomic E-state index is 12.6. The van der Waals surface area contributed by atoms with Crippen molar-refractivity contribution < 1.29 is 9.90 Å². The first-order valence-electron chi connectivity index (χ1n) is 7.24. The number of carbonyl (C=O) groups excluding carboxylic acids is 1. The van der Waals surface area contributed by atoms with Crippen LogP contribution in [0.4, 0.5) is 0 Å². The largest absolute Gasteiger partial charge is 0.392 e. The molecule has 2 rings (SSSR count). The fraction of sp³-hybridized carbons (Fsp3) is 0.562. The second-order valence-corrected chi connectivity index (χ2v) is 5.27. The molecule has 1 aromatic carbocycles. The second-order valence-electron chi connectivity index (χ2n) is 5.27. The van der Waals surface area contributed by atoms with Gasteiger partial charge in [0.2, 0.25) is 0 Å². The van der Waals surface area contributed by atoms with E-state index < -0.39 is 0 Å². The summed E-state index contributed by atoms with van der Waals surface area (Å²) in [7, 11) is 0. The van der Waals surface area contributed by atoms with Crippen LogP contribution < -0.4 is 0 Å². The van der Waals surface area contributed by atoms with E-state index in [4.69, 9.17) is 5.11 Å². The molecule has 1 aliphatic rings. The maximum Gasteiger partial charge on any atom is 0.179 e. The van der Waals surface area contributed by atoms with Crippen molar-refractivity contribution in [3.05, 3.63) is 35.4 Å². The van der Waals surface area contributed by atoms with Crippen LogP contribution >= 0.6 is 12.4 Å². The molecule has 1 heterocycles. The maximum absolute atomic E-state index is 12.6. The summed E-state index contributed by atoms with van der Waals surface area (Å²) in [4.78, 5) is 14.9. The van der Waals surface area contributed by atoms with Gasteiger partial charge in [0.25, 0.3) is 0 Å². The van der Waals surface area contributed by atoms with Crippen molar-refractivity contribution in [3.8, 4) is 0 Å². The van der Waals surface area contributed by atoms with Crippen molar-refractivity contribution >= 4 is 18.2 Å². The Balaban J connectivity index is 0.00000200. The Kier molecular flexibility index (Phi) is 7.20. The molecule has 20 heavy (non-hydrogen) atoms.